The SMILES string of the molecule is COc1nc(NC(=O)NS(=O)(=O)N(c2ccc(F)cc2)C(C)C)nc(OC)n1. The van der Waals surface area contributed by atoms with Gasteiger partial charge in [0, 0.05) is 6.04 Å². The molecule has 0 saturated carbocycles. The summed E-state index contributed by atoms with van der Waals surface area (Å²) in [6.45, 7) is 3.20. The highest BCUT2D eigenvalue weighted by Crippen LogP contribution is 2.21. The molecule has 2 amide bonds. The van der Waals surface area contributed by atoms with Crippen molar-refractivity contribution >= 4 is 27.9 Å². The molecule has 0 aliphatic heterocycles. The van der Waals surface area contributed by atoms with E-state index in [1.165, 1.54) is 26.4 Å². The van der Waals surface area contributed by atoms with Gasteiger partial charge in [0.15, 0.2) is 0 Å². The number of nitrogens with zero attached hydrogens (tertiary/aromatic N) is 4. The van der Waals surface area contributed by atoms with Crippen molar-refractivity contribution in [3.05, 3.63) is 30.1 Å². The summed E-state index contributed by atoms with van der Waals surface area (Å²) >= 11 is 0. The molecule has 0 unspecified atom stereocenters. The number of benzene rings is 1. The number of halogens is 1. The van der Waals surface area contributed by atoms with Gasteiger partial charge in [-0.05, 0) is 38.1 Å². The van der Waals surface area contributed by atoms with Gasteiger partial charge < -0.3 is 9.47 Å². The molecule has 2 aromatic rings. The standard InChI is InChI=1S/C15H19FN6O5S/c1-9(2)22(11-7-5-10(16)6-8-11)28(24,25)21-13(23)17-12-18-14(26-3)20-15(19-12)27-4/h5-9H,1-4H3,(H2,17,18,19,20,21,23). The Morgan fingerprint density at radius 3 is 2.07 bits per heavy atom. The molecule has 2 rings (SSSR count). The quantitative estimate of drug-likeness (QED) is 0.692. The second kappa shape index (κ2) is 8.65. The number of carbonyl (C=O) groups is 1. The number of hydrogen-bond donors (Lipinski definition) is 2. The van der Waals surface area contributed by atoms with Crippen molar-refractivity contribution in [2.24, 2.45) is 0 Å². The Bertz CT molecular complexity index is 916. The van der Waals surface area contributed by atoms with Crippen LogP contribution >= 0.6 is 0 Å². The topological polar surface area (TPSA) is 136 Å². The van der Waals surface area contributed by atoms with E-state index < -0.39 is 28.1 Å². The summed E-state index contributed by atoms with van der Waals surface area (Å²) in [6.07, 6.45) is 0. The molecule has 2 N–H and O–H groups in total. The number of rotatable bonds is 7. The zero-order valence-corrected chi connectivity index (χ0v) is 16.3. The summed E-state index contributed by atoms with van der Waals surface area (Å²) in [5.74, 6) is -0.803. The first-order chi connectivity index (χ1) is 13.2. The van der Waals surface area contributed by atoms with E-state index in [1.807, 2.05) is 4.72 Å². The maximum atomic E-state index is 13.1. The largest absolute Gasteiger partial charge is 0.467 e. The smallest absolute Gasteiger partial charge is 0.336 e. The van der Waals surface area contributed by atoms with Gasteiger partial charge in [0.05, 0.1) is 19.9 Å². The lowest BCUT2D eigenvalue weighted by Gasteiger charge is -2.27. The zero-order valence-electron chi connectivity index (χ0n) is 15.5. The number of hydrogen-bond acceptors (Lipinski definition) is 8. The van der Waals surface area contributed by atoms with E-state index >= 15 is 0 Å². The maximum Gasteiger partial charge on any atom is 0.336 e. The van der Waals surface area contributed by atoms with Crippen molar-refractivity contribution in [2.45, 2.75) is 19.9 Å². The van der Waals surface area contributed by atoms with Gasteiger partial charge in [-0.3, -0.25) is 9.62 Å². The second-order valence-electron chi connectivity index (χ2n) is 5.56. The molecule has 13 heteroatoms. The summed E-state index contributed by atoms with van der Waals surface area (Å²) in [7, 11) is -1.73. The molecule has 0 saturated heterocycles. The van der Waals surface area contributed by atoms with E-state index in [1.54, 1.807) is 13.8 Å². The first-order valence-electron chi connectivity index (χ1n) is 7.89. The molecule has 0 spiro atoms. The summed E-state index contributed by atoms with van der Waals surface area (Å²) in [4.78, 5) is 23.5. The van der Waals surface area contributed by atoms with Crippen LogP contribution in [-0.2, 0) is 10.2 Å². The molecule has 0 radical (unpaired) electrons. The number of carbonyl (C=O) groups excluding carboxylic acids is 1. The van der Waals surface area contributed by atoms with Crippen molar-refractivity contribution in [1.82, 2.24) is 19.7 Å². The summed E-state index contributed by atoms with van der Waals surface area (Å²) in [5, 5.41) is 2.16. The summed E-state index contributed by atoms with van der Waals surface area (Å²) in [6, 6.07) is 2.84. The fourth-order valence-electron chi connectivity index (χ4n) is 2.17. The van der Waals surface area contributed by atoms with E-state index in [0.29, 0.717) is 0 Å². The van der Waals surface area contributed by atoms with Crippen molar-refractivity contribution in [2.75, 3.05) is 23.8 Å². The Morgan fingerprint density at radius 2 is 1.61 bits per heavy atom. The molecule has 0 fully saturated rings. The Hall–Kier alpha value is -3.22. The molecule has 0 aliphatic carbocycles. The first kappa shape index (κ1) is 21.1. The predicted octanol–water partition coefficient (Wildman–Crippen LogP) is 1.31. The van der Waals surface area contributed by atoms with Gasteiger partial charge in [-0.25, -0.2) is 13.9 Å². The highest BCUT2D eigenvalue weighted by atomic mass is 32.2. The number of methoxy groups -OCH3 is 2. The number of nitrogens with one attached hydrogen (secondary N) is 2. The minimum Gasteiger partial charge on any atom is -0.467 e. The number of aromatic nitrogens is 3. The fourth-order valence-corrected chi connectivity index (χ4v) is 3.51. The van der Waals surface area contributed by atoms with Crippen LogP contribution in [0.5, 0.6) is 12.0 Å². The number of urea groups is 1. The van der Waals surface area contributed by atoms with E-state index in [4.69, 9.17) is 9.47 Å². The third-order valence-corrected chi connectivity index (χ3v) is 4.81. The second-order valence-corrected chi connectivity index (χ2v) is 7.11. The van der Waals surface area contributed by atoms with Crippen LogP contribution in [0.1, 0.15) is 13.8 Å². The highest BCUT2D eigenvalue weighted by molar-refractivity contribution is 7.91. The summed E-state index contributed by atoms with van der Waals surface area (Å²) in [5.41, 5.74) is 0.181. The first-order valence-corrected chi connectivity index (χ1v) is 9.33. The molecule has 1 heterocycles. The van der Waals surface area contributed by atoms with Gasteiger partial charge in [-0.2, -0.15) is 18.4 Å². The molecule has 152 valence electrons. The Kier molecular flexibility index (Phi) is 6.51. The molecule has 1 aromatic heterocycles. The third-order valence-electron chi connectivity index (χ3n) is 3.22. The van der Waals surface area contributed by atoms with Gasteiger partial charge in [-0.15, -0.1) is 4.98 Å². The van der Waals surface area contributed by atoms with Crippen molar-refractivity contribution in [1.29, 1.82) is 0 Å². The number of anilines is 2. The van der Waals surface area contributed by atoms with Crippen LogP contribution in [0.2, 0.25) is 0 Å². The van der Waals surface area contributed by atoms with Crippen LogP contribution in [-0.4, -0.2) is 49.7 Å². The van der Waals surface area contributed by atoms with Crippen LogP contribution in [0.3, 0.4) is 0 Å². The van der Waals surface area contributed by atoms with Gasteiger partial charge in [0.1, 0.15) is 5.82 Å². The van der Waals surface area contributed by atoms with E-state index in [-0.39, 0.29) is 23.7 Å². The molecule has 0 aliphatic rings. The van der Waals surface area contributed by atoms with Crippen molar-refractivity contribution in [3.63, 3.8) is 0 Å². The average Bonchev–Trinajstić information content (AvgIpc) is 2.61. The molecule has 11 nitrogen and oxygen atoms in total. The Morgan fingerprint density at radius 1 is 1.07 bits per heavy atom. The van der Waals surface area contributed by atoms with E-state index in [9.17, 15) is 17.6 Å². The average molecular weight is 414 g/mol. The third kappa shape index (κ3) is 5.16. The molecule has 0 atom stereocenters. The van der Waals surface area contributed by atoms with Crippen LogP contribution in [0.25, 0.3) is 0 Å². The van der Waals surface area contributed by atoms with Crippen molar-refractivity contribution < 1.29 is 27.1 Å². The summed E-state index contributed by atoms with van der Waals surface area (Å²) < 4.78 is 50.9. The van der Waals surface area contributed by atoms with E-state index in [2.05, 4.69) is 20.3 Å². The zero-order chi connectivity index (χ0) is 20.9. The monoisotopic (exact) mass is 414 g/mol. The van der Waals surface area contributed by atoms with Crippen LogP contribution < -0.4 is 23.8 Å². The molecule has 1 aromatic carbocycles. The Labute approximate surface area is 161 Å². The lowest BCUT2D eigenvalue weighted by Crippen LogP contribution is -2.48. The van der Waals surface area contributed by atoms with Crippen LogP contribution in [0.4, 0.5) is 20.8 Å². The van der Waals surface area contributed by atoms with Gasteiger partial charge in [0.25, 0.3) is 0 Å². The Balaban J connectivity index is 2.22. The van der Waals surface area contributed by atoms with Crippen molar-refractivity contribution in [3.8, 4) is 12.0 Å². The van der Waals surface area contributed by atoms with Gasteiger partial charge >= 0.3 is 28.3 Å². The highest BCUT2D eigenvalue weighted by Gasteiger charge is 2.27. The fraction of sp³-hybridized carbons (Fsp3) is 0.333. The van der Waals surface area contributed by atoms with Crippen LogP contribution in [0, 0.1) is 5.82 Å². The number of amides is 2. The van der Waals surface area contributed by atoms with Crippen LogP contribution in [0.15, 0.2) is 24.3 Å². The predicted molar refractivity (Wildman–Crippen MR) is 98.0 cm³/mol. The molecule has 0 bridgehead atoms. The minimum absolute atomic E-state index is 0.139. The maximum absolute atomic E-state index is 13.1. The number of ether oxygens (including phenoxy) is 2. The van der Waals surface area contributed by atoms with Gasteiger partial charge in [0.2, 0.25) is 5.95 Å². The van der Waals surface area contributed by atoms with Gasteiger partial charge in [-0.1, -0.05) is 0 Å². The minimum atomic E-state index is -4.32. The van der Waals surface area contributed by atoms with E-state index in [0.717, 1.165) is 16.4 Å². The molecular formula is C15H19FN6O5S. The lowest BCUT2D eigenvalue weighted by atomic mass is 10.3. The lowest BCUT2D eigenvalue weighted by molar-refractivity contribution is 0.256. The molecular weight excluding hydrogens is 395 g/mol. The normalized spacial score (nSPS) is 11.1. The molecule has 28 heavy (non-hydrogen) atoms.